The molecule has 4 aliphatic rings. The molecule has 45 heavy (non-hydrogen) atoms. The highest BCUT2D eigenvalue weighted by Gasteiger charge is 2.36. The molecule has 0 aromatic rings. The molecule has 0 radical (unpaired) electrons. The van der Waals surface area contributed by atoms with E-state index in [4.69, 9.17) is 9.84 Å². The van der Waals surface area contributed by atoms with Gasteiger partial charge in [0.25, 0.3) is 0 Å². The Labute approximate surface area is 268 Å². The van der Waals surface area contributed by atoms with Gasteiger partial charge >= 0.3 is 0 Å². The fourth-order valence-corrected chi connectivity index (χ4v) is 7.26. The minimum absolute atomic E-state index is 0.000742. The van der Waals surface area contributed by atoms with Crippen molar-refractivity contribution in [3.63, 3.8) is 0 Å². The number of halogens is 1. The van der Waals surface area contributed by atoms with Gasteiger partial charge in [0.05, 0.1) is 19.3 Å². The van der Waals surface area contributed by atoms with Crippen molar-refractivity contribution in [2.24, 2.45) is 29.6 Å². The summed E-state index contributed by atoms with van der Waals surface area (Å²) in [5.41, 5.74) is 0. The molecule has 8 N–H and O–H groups in total. The lowest BCUT2D eigenvalue weighted by Gasteiger charge is -2.41. The molecular weight excluding hydrogens is 585 g/mol. The van der Waals surface area contributed by atoms with Crippen LogP contribution in [-0.4, -0.2) is 150 Å². The van der Waals surface area contributed by atoms with E-state index in [-0.39, 0.29) is 30.2 Å². The average molecular weight is 646 g/mol. The third kappa shape index (κ3) is 11.0. The van der Waals surface area contributed by atoms with Crippen molar-refractivity contribution in [2.45, 2.75) is 95.2 Å². The van der Waals surface area contributed by atoms with Gasteiger partial charge in [-0.05, 0) is 56.3 Å². The van der Waals surface area contributed by atoms with Crippen LogP contribution in [0.15, 0.2) is 0 Å². The van der Waals surface area contributed by atoms with E-state index in [2.05, 4.69) is 27.8 Å². The molecule has 4 fully saturated rings. The van der Waals surface area contributed by atoms with Gasteiger partial charge in [0.1, 0.15) is 30.8 Å². The number of aliphatic hydroxyl groups is 5. The van der Waals surface area contributed by atoms with Crippen molar-refractivity contribution in [3.05, 3.63) is 0 Å². The van der Waals surface area contributed by atoms with Crippen LogP contribution < -0.4 is 16.0 Å². The van der Waals surface area contributed by atoms with E-state index in [1.807, 2.05) is 0 Å². The summed E-state index contributed by atoms with van der Waals surface area (Å²) >= 11 is 0. The van der Waals surface area contributed by atoms with Gasteiger partial charge in [0, 0.05) is 77.2 Å². The number of carbonyl (C=O) groups is 1. The molecule has 1 aliphatic carbocycles. The summed E-state index contributed by atoms with van der Waals surface area (Å²) in [5, 5.41) is 58.2. The van der Waals surface area contributed by atoms with E-state index in [1.165, 1.54) is 19.3 Å². The number of carbonyl (C=O) groups excluding carboxylic acids is 1. The predicted molar refractivity (Wildman–Crippen MR) is 168 cm³/mol. The molecule has 12 nitrogen and oxygen atoms in total. The number of hydrogen-bond donors (Lipinski definition) is 8. The number of nitrogens with one attached hydrogen (secondary N) is 3. The van der Waals surface area contributed by atoms with Crippen molar-refractivity contribution in [2.75, 3.05) is 72.2 Å². The van der Waals surface area contributed by atoms with Crippen molar-refractivity contribution in [3.8, 4) is 0 Å². The second-order valence-electron chi connectivity index (χ2n) is 14.1. The first kappa shape index (κ1) is 36.8. The number of amides is 1. The summed E-state index contributed by atoms with van der Waals surface area (Å²) < 4.78 is 21.0. The van der Waals surface area contributed by atoms with E-state index in [9.17, 15) is 25.2 Å². The second kappa shape index (κ2) is 18.5. The van der Waals surface area contributed by atoms with Gasteiger partial charge < -0.3 is 40.5 Å². The molecule has 4 rings (SSSR count). The van der Waals surface area contributed by atoms with Gasteiger partial charge in [-0.25, -0.2) is 4.39 Å². The zero-order valence-electron chi connectivity index (χ0n) is 27.1. The molecule has 0 bridgehead atoms. The van der Waals surface area contributed by atoms with Crippen LogP contribution >= 0.6 is 0 Å². The number of aliphatic hydroxyl groups excluding tert-OH is 5. The molecule has 262 valence electrons. The average Bonchev–Trinajstić information content (AvgIpc) is 3.04. The Morgan fingerprint density at radius 3 is 2.29 bits per heavy atom. The number of ether oxygens (including phenoxy) is 1. The Morgan fingerprint density at radius 2 is 1.64 bits per heavy atom. The molecule has 0 aromatic heterocycles. The highest BCUT2D eigenvalue weighted by molar-refractivity contribution is 5.77. The third-order valence-electron chi connectivity index (χ3n) is 10.7. The Bertz CT molecular complexity index is 858. The molecule has 3 heterocycles. The van der Waals surface area contributed by atoms with E-state index >= 15 is 4.39 Å². The summed E-state index contributed by atoms with van der Waals surface area (Å²) in [6, 6.07) is 0. The second-order valence-corrected chi connectivity index (χ2v) is 14.1. The molecule has 3 saturated heterocycles. The monoisotopic (exact) mass is 645 g/mol. The van der Waals surface area contributed by atoms with E-state index in [1.54, 1.807) is 4.90 Å². The summed E-state index contributed by atoms with van der Waals surface area (Å²) in [7, 11) is 0. The zero-order chi connectivity index (χ0) is 32.3. The Balaban J connectivity index is 1.01. The standard InChI is InChI=1S/C32H60FN5O7/c1-2-21-14-35-32(36-15-21)37-8-5-22(6-9-37)7-10-45-20-25-4-3-23(11-26(25)33)12-29(42)38-17-24(18-38)13-34-16-27(40)30(43)31(44)28(41)19-39/h21-28,30-32,34-36,39-41,43-44H,2-20H2,1H3/t21?,23?,25?,26?,27-,28+,30+,31+,32?/m0/s1. The summed E-state index contributed by atoms with van der Waals surface area (Å²) in [4.78, 5) is 17.1. The lowest BCUT2D eigenvalue weighted by Crippen LogP contribution is -2.62. The van der Waals surface area contributed by atoms with Crippen LogP contribution in [0, 0.1) is 29.6 Å². The molecule has 13 heteroatoms. The topological polar surface area (TPSA) is 170 Å². The fraction of sp³-hybridized carbons (Fsp3) is 0.969. The van der Waals surface area contributed by atoms with Crippen LogP contribution in [0.5, 0.6) is 0 Å². The SMILES string of the molecule is CCC1CNC(N2CCC(CCOCC3CCC(CC(=O)N4CC(CNC[C@H](O)[C@@H](O)[C@H](O)[C@H](O)CO)C4)CC3F)CC2)NC1. The maximum Gasteiger partial charge on any atom is 0.222 e. The Hall–Kier alpha value is -1.00. The maximum absolute atomic E-state index is 15.0. The summed E-state index contributed by atoms with van der Waals surface area (Å²) in [5.74, 6) is 1.63. The summed E-state index contributed by atoms with van der Waals surface area (Å²) in [6.07, 6.45) is 0.249. The number of likely N-dealkylation sites (tertiary alicyclic amines) is 2. The molecule has 1 saturated carbocycles. The van der Waals surface area contributed by atoms with Gasteiger partial charge in [-0.1, -0.05) is 13.3 Å². The van der Waals surface area contributed by atoms with E-state index in [0.717, 1.165) is 51.4 Å². The summed E-state index contributed by atoms with van der Waals surface area (Å²) in [6.45, 7) is 8.74. The first-order valence-electron chi connectivity index (χ1n) is 17.4. The highest BCUT2D eigenvalue weighted by atomic mass is 19.1. The zero-order valence-corrected chi connectivity index (χ0v) is 27.1. The van der Waals surface area contributed by atoms with Crippen LogP contribution in [0.2, 0.25) is 0 Å². The molecule has 1 amide bonds. The van der Waals surface area contributed by atoms with Crippen LogP contribution in [0.1, 0.15) is 58.3 Å². The van der Waals surface area contributed by atoms with Gasteiger partial charge in [0.15, 0.2) is 0 Å². The molecule has 7 atom stereocenters. The van der Waals surface area contributed by atoms with Gasteiger partial charge in [0.2, 0.25) is 5.91 Å². The maximum atomic E-state index is 15.0. The smallest absolute Gasteiger partial charge is 0.222 e. The van der Waals surface area contributed by atoms with Gasteiger partial charge in [-0.3, -0.25) is 20.3 Å². The lowest BCUT2D eigenvalue weighted by molar-refractivity contribution is -0.139. The normalized spacial score (nSPS) is 31.7. The number of piperidine rings is 1. The van der Waals surface area contributed by atoms with Crippen LogP contribution in [0.25, 0.3) is 0 Å². The van der Waals surface area contributed by atoms with Crippen LogP contribution in [-0.2, 0) is 9.53 Å². The number of rotatable bonds is 17. The van der Waals surface area contributed by atoms with E-state index < -0.39 is 37.2 Å². The molecule has 3 aliphatic heterocycles. The number of hydrogen-bond acceptors (Lipinski definition) is 11. The quantitative estimate of drug-likeness (QED) is 0.0936. The number of nitrogens with zero attached hydrogens (tertiary/aromatic N) is 2. The first-order valence-corrected chi connectivity index (χ1v) is 17.4. The fourth-order valence-electron chi connectivity index (χ4n) is 7.26. The molecule has 3 unspecified atom stereocenters. The van der Waals surface area contributed by atoms with Crippen molar-refractivity contribution in [1.82, 2.24) is 25.8 Å². The molecule has 0 spiro atoms. The lowest BCUT2D eigenvalue weighted by atomic mass is 9.79. The highest BCUT2D eigenvalue weighted by Crippen LogP contribution is 2.34. The first-order chi connectivity index (χ1) is 21.7. The predicted octanol–water partition coefficient (Wildman–Crippen LogP) is -0.764. The molecular formula is C32H60FN5O7. The van der Waals surface area contributed by atoms with E-state index in [0.29, 0.717) is 57.9 Å². The van der Waals surface area contributed by atoms with Crippen LogP contribution in [0.4, 0.5) is 4.39 Å². The van der Waals surface area contributed by atoms with Crippen LogP contribution in [0.3, 0.4) is 0 Å². The number of alkyl halides is 1. The van der Waals surface area contributed by atoms with Gasteiger partial charge in [-0.15, -0.1) is 0 Å². The Morgan fingerprint density at radius 1 is 0.956 bits per heavy atom. The van der Waals surface area contributed by atoms with Crippen molar-refractivity contribution in [1.29, 1.82) is 0 Å². The van der Waals surface area contributed by atoms with Crippen molar-refractivity contribution >= 4 is 5.91 Å². The Kier molecular flexibility index (Phi) is 15.2. The minimum Gasteiger partial charge on any atom is -0.394 e. The van der Waals surface area contributed by atoms with Gasteiger partial charge in [-0.2, -0.15) is 0 Å². The molecule has 0 aromatic carbocycles. The van der Waals surface area contributed by atoms with Crippen molar-refractivity contribution < 1.29 is 39.5 Å². The minimum atomic E-state index is -1.65. The third-order valence-corrected chi connectivity index (χ3v) is 10.7. The largest absolute Gasteiger partial charge is 0.394 e.